The summed E-state index contributed by atoms with van der Waals surface area (Å²) in [7, 11) is 0. The van der Waals surface area contributed by atoms with Crippen molar-refractivity contribution >= 4 is 0 Å². The first-order valence-electron chi connectivity index (χ1n) is 16.3. The molecule has 0 amide bonds. The molecule has 0 atom stereocenters. The van der Waals surface area contributed by atoms with Crippen molar-refractivity contribution < 1.29 is 20.4 Å². The number of nitrogens with zero attached hydrogens (tertiary/aromatic N) is 3. The Morgan fingerprint density at radius 3 is 1.27 bits per heavy atom. The van der Waals surface area contributed by atoms with Gasteiger partial charge in [-0.1, -0.05) is 83.7 Å². The first kappa shape index (κ1) is 32.8. The van der Waals surface area contributed by atoms with Crippen molar-refractivity contribution in [2.24, 2.45) is 0 Å². The number of unbranched alkanes of at least 4 members (excludes halogenated alkanes) is 4. The van der Waals surface area contributed by atoms with E-state index in [1.807, 2.05) is 0 Å². The Balaban J connectivity index is 1.92. The van der Waals surface area contributed by atoms with Crippen LogP contribution in [-0.2, 0) is 25.7 Å². The van der Waals surface area contributed by atoms with Gasteiger partial charge in [-0.25, -0.2) is 15.0 Å². The number of phenols is 4. The van der Waals surface area contributed by atoms with Crippen molar-refractivity contribution in [3.63, 3.8) is 0 Å². The van der Waals surface area contributed by atoms with Crippen LogP contribution in [0.15, 0.2) is 42.5 Å². The maximum atomic E-state index is 11.1. The molecular weight excluding hydrogens is 550 g/mol. The highest BCUT2D eigenvalue weighted by molar-refractivity contribution is 5.76. The second kappa shape index (κ2) is 15.6. The van der Waals surface area contributed by atoms with E-state index in [0.717, 1.165) is 75.3 Å². The van der Waals surface area contributed by atoms with Gasteiger partial charge >= 0.3 is 0 Å². The molecule has 1 aromatic heterocycles. The summed E-state index contributed by atoms with van der Waals surface area (Å²) in [6.07, 6.45) is 11.1. The fourth-order valence-corrected chi connectivity index (χ4v) is 5.45. The van der Waals surface area contributed by atoms with Crippen LogP contribution >= 0.6 is 0 Å². The molecular formula is C37H47N3O4. The predicted octanol–water partition coefficient (Wildman–Crippen LogP) is 9.07. The van der Waals surface area contributed by atoms with E-state index in [2.05, 4.69) is 50.9 Å². The maximum absolute atomic E-state index is 11.1. The molecule has 1 heterocycles. The molecule has 0 radical (unpaired) electrons. The van der Waals surface area contributed by atoms with Crippen LogP contribution in [0.2, 0.25) is 0 Å². The van der Waals surface area contributed by atoms with Gasteiger partial charge in [-0.05, 0) is 85.8 Å². The lowest BCUT2D eigenvalue weighted by Crippen LogP contribution is -2.03. The maximum Gasteiger partial charge on any atom is 0.168 e. The van der Waals surface area contributed by atoms with Gasteiger partial charge in [-0.2, -0.15) is 0 Å². The molecule has 4 aromatic rings. The standard InChI is InChI=1S/C37H47N3O4/c1-5-9-13-24-17-20-28(27(23-24)16-12-8-4)35-38-36(29-21-18-25(14-10-6-2)31(41)33(29)43)40-37(39-35)30-22-19-26(15-11-7-3)32(42)34(30)44/h17-23,41-44H,5-16H2,1-4H3. The second-order valence-electron chi connectivity index (χ2n) is 11.7. The van der Waals surface area contributed by atoms with E-state index in [1.54, 1.807) is 24.3 Å². The summed E-state index contributed by atoms with van der Waals surface area (Å²) in [5.41, 5.74) is 5.13. The molecule has 0 aliphatic heterocycles. The Labute approximate surface area is 261 Å². The lowest BCUT2D eigenvalue weighted by Gasteiger charge is -2.15. The van der Waals surface area contributed by atoms with Crippen LogP contribution < -0.4 is 0 Å². The third-order valence-corrected chi connectivity index (χ3v) is 8.22. The number of aromatic nitrogens is 3. The Bertz CT molecular complexity index is 1490. The third-order valence-electron chi connectivity index (χ3n) is 8.22. The summed E-state index contributed by atoms with van der Waals surface area (Å²) in [4.78, 5) is 14.3. The molecule has 0 aliphatic rings. The topological polar surface area (TPSA) is 120 Å². The monoisotopic (exact) mass is 597 g/mol. The molecule has 0 bridgehead atoms. The van der Waals surface area contributed by atoms with Crippen molar-refractivity contribution in [2.75, 3.05) is 0 Å². The minimum atomic E-state index is -0.287. The number of aryl methyl sites for hydroxylation is 4. The van der Waals surface area contributed by atoms with Crippen LogP contribution in [0.3, 0.4) is 0 Å². The van der Waals surface area contributed by atoms with Gasteiger partial charge in [0.2, 0.25) is 0 Å². The van der Waals surface area contributed by atoms with Gasteiger partial charge in [0.1, 0.15) is 0 Å². The Morgan fingerprint density at radius 2 is 0.818 bits per heavy atom. The Hall–Kier alpha value is -4.13. The normalized spacial score (nSPS) is 11.3. The molecule has 0 saturated carbocycles. The van der Waals surface area contributed by atoms with E-state index >= 15 is 0 Å². The largest absolute Gasteiger partial charge is 0.504 e. The number of hydrogen-bond donors (Lipinski definition) is 4. The van der Waals surface area contributed by atoms with Crippen molar-refractivity contribution in [3.05, 3.63) is 64.7 Å². The first-order chi connectivity index (χ1) is 21.3. The van der Waals surface area contributed by atoms with E-state index in [-0.39, 0.29) is 45.8 Å². The minimum Gasteiger partial charge on any atom is -0.504 e. The van der Waals surface area contributed by atoms with Gasteiger partial charge in [0.05, 0.1) is 11.1 Å². The average molecular weight is 598 g/mol. The lowest BCUT2D eigenvalue weighted by atomic mass is 9.96. The molecule has 7 heteroatoms. The average Bonchev–Trinajstić information content (AvgIpc) is 3.04. The summed E-state index contributed by atoms with van der Waals surface area (Å²) in [6, 6.07) is 13.4. The molecule has 234 valence electrons. The number of hydrogen-bond acceptors (Lipinski definition) is 7. The molecule has 44 heavy (non-hydrogen) atoms. The fourth-order valence-electron chi connectivity index (χ4n) is 5.45. The smallest absolute Gasteiger partial charge is 0.168 e. The fraction of sp³-hybridized carbons (Fsp3) is 0.432. The van der Waals surface area contributed by atoms with E-state index in [4.69, 9.17) is 9.97 Å². The Morgan fingerprint density at radius 1 is 0.432 bits per heavy atom. The summed E-state index contributed by atoms with van der Waals surface area (Å²) < 4.78 is 0. The number of phenolic OH excluding ortho intramolecular Hbond substituents is 4. The van der Waals surface area contributed by atoms with Gasteiger partial charge in [-0.3, -0.25) is 0 Å². The summed E-state index contributed by atoms with van der Waals surface area (Å²) in [6.45, 7) is 8.51. The summed E-state index contributed by atoms with van der Waals surface area (Å²) in [5.74, 6) is -0.181. The molecule has 0 aliphatic carbocycles. The molecule has 0 spiro atoms. The van der Waals surface area contributed by atoms with Crippen LogP contribution in [0.4, 0.5) is 0 Å². The van der Waals surface area contributed by atoms with Crippen molar-refractivity contribution in [2.45, 2.75) is 105 Å². The van der Waals surface area contributed by atoms with Gasteiger partial charge in [0, 0.05) is 5.56 Å². The second-order valence-corrected chi connectivity index (χ2v) is 11.7. The highest BCUT2D eigenvalue weighted by Crippen LogP contribution is 2.42. The highest BCUT2D eigenvalue weighted by atomic mass is 16.3. The summed E-state index contributed by atoms with van der Waals surface area (Å²) >= 11 is 0. The quantitative estimate of drug-likeness (QED) is 0.101. The van der Waals surface area contributed by atoms with Crippen LogP contribution in [0, 0.1) is 0 Å². The zero-order chi connectivity index (χ0) is 31.6. The number of rotatable bonds is 15. The zero-order valence-electron chi connectivity index (χ0n) is 26.7. The van der Waals surface area contributed by atoms with Gasteiger partial charge in [0.25, 0.3) is 0 Å². The van der Waals surface area contributed by atoms with Crippen molar-refractivity contribution in [1.29, 1.82) is 0 Å². The molecule has 3 aromatic carbocycles. The van der Waals surface area contributed by atoms with Crippen molar-refractivity contribution in [3.8, 4) is 57.2 Å². The van der Waals surface area contributed by atoms with Crippen LogP contribution in [0.1, 0.15) is 101 Å². The van der Waals surface area contributed by atoms with Crippen LogP contribution in [0.25, 0.3) is 34.2 Å². The predicted molar refractivity (Wildman–Crippen MR) is 177 cm³/mol. The van der Waals surface area contributed by atoms with Gasteiger partial charge in [0.15, 0.2) is 40.5 Å². The van der Waals surface area contributed by atoms with Crippen LogP contribution in [-0.4, -0.2) is 35.4 Å². The lowest BCUT2D eigenvalue weighted by molar-refractivity contribution is 0.399. The van der Waals surface area contributed by atoms with E-state index < -0.39 is 0 Å². The van der Waals surface area contributed by atoms with E-state index in [9.17, 15) is 20.4 Å². The number of aromatic hydroxyl groups is 4. The van der Waals surface area contributed by atoms with E-state index in [1.165, 1.54) is 5.56 Å². The molecule has 4 N–H and O–H groups in total. The van der Waals surface area contributed by atoms with Gasteiger partial charge < -0.3 is 20.4 Å². The third kappa shape index (κ3) is 7.50. The molecule has 0 saturated heterocycles. The van der Waals surface area contributed by atoms with Crippen molar-refractivity contribution in [1.82, 2.24) is 15.0 Å². The highest BCUT2D eigenvalue weighted by Gasteiger charge is 2.22. The van der Waals surface area contributed by atoms with Crippen LogP contribution in [0.5, 0.6) is 23.0 Å². The molecule has 7 nitrogen and oxygen atoms in total. The minimum absolute atomic E-state index is 0.172. The molecule has 0 unspecified atom stereocenters. The molecule has 0 fully saturated rings. The Kier molecular flexibility index (Phi) is 11.6. The van der Waals surface area contributed by atoms with Gasteiger partial charge in [-0.15, -0.1) is 0 Å². The SMILES string of the molecule is CCCCc1ccc(-c2nc(-c3ccc(CCCC)c(O)c3O)nc(-c3ccc(CCCC)c(O)c3O)n2)c(CCCC)c1. The number of benzene rings is 3. The first-order valence-corrected chi connectivity index (χ1v) is 16.3. The molecule has 4 rings (SSSR count). The summed E-state index contributed by atoms with van der Waals surface area (Å²) in [5, 5.41) is 44.0. The van der Waals surface area contributed by atoms with E-state index in [0.29, 0.717) is 29.8 Å². The zero-order valence-corrected chi connectivity index (χ0v) is 26.7.